The lowest BCUT2D eigenvalue weighted by molar-refractivity contribution is 0.0853. The van der Waals surface area contributed by atoms with Crippen LogP contribution in [0.1, 0.15) is 35.4 Å². The molecule has 2 aliphatic rings. The molecule has 1 saturated heterocycles. The van der Waals surface area contributed by atoms with E-state index < -0.39 is 0 Å². The van der Waals surface area contributed by atoms with Crippen LogP contribution >= 0.6 is 0 Å². The highest BCUT2D eigenvalue weighted by Gasteiger charge is 2.19. The minimum atomic E-state index is 0.660. The van der Waals surface area contributed by atoms with E-state index in [2.05, 4.69) is 34.6 Å². The van der Waals surface area contributed by atoms with E-state index >= 15 is 0 Å². The fourth-order valence-corrected chi connectivity index (χ4v) is 3.38. The number of nitrogens with one attached hydrogen (secondary N) is 1. The van der Waals surface area contributed by atoms with Gasteiger partial charge in [-0.15, -0.1) is 0 Å². The van der Waals surface area contributed by atoms with Gasteiger partial charge < -0.3 is 10.1 Å². The predicted molar refractivity (Wildman–Crippen MR) is 84.2 cm³/mol. The summed E-state index contributed by atoms with van der Waals surface area (Å²) in [6.45, 7) is 1.80. The molecule has 1 N–H and O–H groups in total. The zero-order valence-corrected chi connectivity index (χ0v) is 12.1. The molecule has 0 atom stereocenters. The fraction of sp³-hybridized carbons (Fsp3) is 0.389. The predicted octanol–water partition coefficient (Wildman–Crippen LogP) is 3.82. The molecule has 4 rings (SSSR count). The van der Waals surface area contributed by atoms with Crippen molar-refractivity contribution in [1.29, 1.82) is 0 Å². The summed E-state index contributed by atoms with van der Waals surface area (Å²) in [5, 5.41) is 3.50. The Balaban J connectivity index is 1.64. The molecule has 0 saturated carbocycles. The van der Waals surface area contributed by atoms with Gasteiger partial charge in [-0.3, -0.25) is 0 Å². The van der Waals surface area contributed by atoms with Crippen molar-refractivity contribution in [3.8, 4) is 0 Å². The molecule has 0 bridgehead atoms. The van der Waals surface area contributed by atoms with Crippen LogP contribution < -0.4 is 5.32 Å². The van der Waals surface area contributed by atoms with Crippen LogP contribution in [0.5, 0.6) is 0 Å². The van der Waals surface area contributed by atoms with Crippen molar-refractivity contribution in [2.45, 2.75) is 31.6 Å². The van der Waals surface area contributed by atoms with Crippen LogP contribution in [0.25, 0.3) is 0 Å². The second-order valence-corrected chi connectivity index (χ2v) is 5.94. The Hall–Kier alpha value is -1.87. The summed E-state index contributed by atoms with van der Waals surface area (Å²) in [4.78, 5) is 4.46. The third-order valence-electron chi connectivity index (χ3n) is 4.63. The van der Waals surface area contributed by atoms with Gasteiger partial charge in [0.25, 0.3) is 0 Å². The first-order valence-electron chi connectivity index (χ1n) is 7.81. The number of pyridine rings is 1. The Morgan fingerprint density at radius 1 is 1.05 bits per heavy atom. The van der Waals surface area contributed by atoms with Crippen molar-refractivity contribution in [2.75, 3.05) is 18.5 Å². The summed E-state index contributed by atoms with van der Waals surface area (Å²) in [6.07, 6.45) is 6.29. The molecule has 1 fully saturated rings. The molecule has 1 aromatic carbocycles. The lowest BCUT2D eigenvalue weighted by Crippen LogP contribution is -2.14. The van der Waals surface area contributed by atoms with E-state index in [4.69, 9.17) is 4.74 Å². The van der Waals surface area contributed by atoms with Crippen LogP contribution in [0, 0.1) is 0 Å². The average molecular weight is 280 g/mol. The van der Waals surface area contributed by atoms with Crippen molar-refractivity contribution >= 4 is 11.5 Å². The molecule has 0 radical (unpaired) electrons. The highest BCUT2D eigenvalue weighted by Crippen LogP contribution is 2.33. The second-order valence-electron chi connectivity index (χ2n) is 5.94. The smallest absolute Gasteiger partial charge is 0.133 e. The van der Waals surface area contributed by atoms with E-state index in [9.17, 15) is 0 Å². The molecule has 3 heteroatoms. The van der Waals surface area contributed by atoms with E-state index in [0.29, 0.717) is 5.92 Å². The molecule has 2 aliphatic heterocycles. The molecule has 0 aliphatic carbocycles. The van der Waals surface area contributed by atoms with Crippen LogP contribution in [-0.2, 0) is 17.6 Å². The van der Waals surface area contributed by atoms with E-state index in [0.717, 1.165) is 44.7 Å². The van der Waals surface area contributed by atoms with Crippen molar-refractivity contribution in [3.63, 3.8) is 0 Å². The molecular formula is C18H20N2O. The molecular weight excluding hydrogens is 260 g/mol. The number of aryl methyl sites for hydroxylation is 2. The number of anilines is 2. The Morgan fingerprint density at radius 3 is 2.81 bits per heavy atom. The first-order valence-corrected chi connectivity index (χ1v) is 7.81. The maximum atomic E-state index is 5.48. The van der Waals surface area contributed by atoms with Gasteiger partial charge in [0.15, 0.2) is 0 Å². The Labute approximate surface area is 125 Å². The number of rotatable bonds is 1. The van der Waals surface area contributed by atoms with Crippen molar-refractivity contribution < 1.29 is 4.74 Å². The van der Waals surface area contributed by atoms with Crippen LogP contribution in [0.15, 0.2) is 36.5 Å². The van der Waals surface area contributed by atoms with E-state index in [-0.39, 0.29) is 0 Å². The minimum Gasteiger partial charge on any atom is -0.381 e. The maximum Gasteiger partial charge on any atom is 0.133 e. The fourth-order valence-electron chi connectivity index (χ4n) is 3.38. The summed E-state index contributed by atoms with van der Waals surface area (Å²) in [6, 6.07) is 11.1. The first kappa shape index (κ1) is 12.8. The van der Waals surface area contributed by atoms with Crippen LogP contribution in [0.2, 0.25) is 0 Å². The Kier molecular flexibility index (Phi) is 3.36. The van der Waals surface area contributed by atoms with Crippen molar-refractivity contribution in [1.82, 2.24) is 4.98 Å². The molecule has 0 unspecified atom stereocenters. The quantitative estimate of drug-likeness (QED) is 0.862. The van der Waals surface area contributed by atoms with E-state index in [1.54, 1.807) is 0 Å². The third-order valence-corrected chi connectivity index (χ3v) is 4.63. The zero-order chi connectivity index (χ0) is 14.1. The minimum absolute atomic E-state index is 0.660. The number of nitrogens with zero attached hydrogens (tertiary/aromatic N) is 1. The van der Waals surface area contributed by atoms with Gasteiger partial charge in [0.1, 0.15) is 5.82 Å². The van der Waals surface area contributed by atoms with E-state index in [1.165, 1.54) is 22.4 Å². The van der Waals surface area contributed by atoms with Gasteiger partial charge in [0.05, 0.1) is 0 Å². The van der Waals surface area contributed by atoms with Gasteiger partial charge in [-0.25, -0.2) is 4.98 Å². The number of ether oxygens (including phenoxy) is 1. The van der Waals surface area contributed by atoms with Crippen LogP contribution in [0.3, 0.4) is 0 Å². The molecule has 108 valence electrons. The molecule has 0 amide bonds. The maximum absolute atomic E-state index is 5.48. The third kappa shape index (κ3) is 2.54. The van der Waals surface area contributed by atoms with Gasteiger partial charge >= 0.3 is 0 Å². The van der Waals surface area contributed by atoms with Gasteiger partial charge in [-0.1, -0.05) is 18.2 Å². The Bertz CT molecular complexity index is 647. The van der Waals surface area contributed by atoms with Crippen LogP contribution in [0.4, 0.5) is 11.5 Å². The number of hydrogen-bond acceptors (Lipinski definition) is 3. The lowest BCUT2D eigenvalue weighted by atomic mass is 9.89. The standard InChI is InChI=1S/C18H20N2O/c1-2-14-3-4-16-12-15(13-7-10-21-11-8-13)5-6-17(16)20-18(14)19-9-1/h1-2,5-6,9,12-13H,3-4,7-8,10-11H2,(H,19,20). The van der Waals surface area contributed by atoms with Crippen molar-refractivity contribution in [2.24, 2.45) is 0 Å². The lowest BCUT2D eigenvalue weighted by Gasteiger charge is -2.23. The first-order chi connectivity index (χ1) is 10.4. The summed E-state index contributed by atoms with van der Waals surface area (Å²) in [5.74, 6) is 1.67. The van der Waals surface area contributed by atoms with Crippen LogP contribution in [-0.4, -0.2) is 18.2 Å². The second kappa shape index (κ2) is 5.49. The number of fused-ring (bicyclic) bond motifs is 2. The van der Waals surface area contributed by atoms with Gasteiger partial charge in [-0.05, 0) is 60.4 Å². The average Bonchev–Trinajstić information content (AvgIpc) is 2.74. The van der Waals surface area contributed by atoms with Crippen molar-refractivity contribution in [3.05, 3.63) is 53.2 Å². The zero-order valence-electron chi connectivity index (χ0n) is 12.1. The summed E-state index contributed by atoms with van der Waals surface area (Å²) in [7, 11) is 0. The monoisotopic (exact) mass is 280 g/mol. The molecule has 3 heterocycles. The molecule has 2 aromatic rings. The van der Waals surface area contributed by atoms with Gasteiger partial charge in [0.2, 0.25) is 0 Å². The number of benzene rings is 1. The van der Waals surface area contributed by atoms with Gasteiger partial charge in [-0.2, -0.15) is 0 Å². The SMILES string of the molecule is c1cnc2c(c1)CCc1cc(C3CCOCC3)ccc1N2. The Morgan fingerprint density at radius 2 is 1.90 bits per heavy atom. The molecule has 1 aromatic heterocycles. The molecule has 21 heavy (non-hydrogen) atoms. The largest absolute Gasteiger partial charge is 0.381 e. The van der Waals surface area contributed by atoms with Gasteiger partial charge in [0, 0.05) is 25.1 Å². The number of aromatic nitrogens is 1. The van der Waals surface area contributed by atoms with E-state index in [1.807, 2.05) is 12.3 Å². The topological polar surface area (TPSA) is 34.1 Å². The summed E-state index contributed by atoms with van der Waals surface area (Å²) >= 11 is 0. The summed E-state index contributed by atoms with van der Waals surface area (Å²) < 4.78 is 5.48. The molecule has 3 nitrogen and oxygen atoms in total. The summed E-state index contributed by atoms with van der Waals surface area (Å²) in [5.41, 5.74) is 5.40. The number of hydrogen-bond donors (Lipinski definition) is 1. The highest BCUT2D eigenvalue weighted by molar-refractivity contribution is 5.65. The normalized spacial score (nSPS) is 18.3. The highest BCUT2D eigenvalue weighted by atomic mass is 16.5. The molecule has 0 spiro atoms.